The molecule has 5 nitrogen and oxygen atoms in total. The lowest BCUT2D eigenvalue weighted by molar-refractivity contribution is -0.137. The van der Waals surface area contributed by atoms with Crippen LogP contribution in [0.5, 0.6) is 5.88 Å². The molecule has 1 N–H and O–H groups in total. The van der Waals surface area contributed by atoms with E-state index in [0.717, 1.165) is 0 Å². The van der Waals surface area contributed by atoms with Crippen molar-refractivity contribution in [3.63, 3.8) is 0 Å². The molecule has 1 unspecified atom stereocenters. The Balaban J connectivity index is 2.65. The molecule has 1 aromatic rings. The molecule has 5 heteroatoms. The normalized spacial score (nSPS) is 12.9. The molecule has 1 atom stereocenters. The Hall–Kier alpha value is -1.62. The summed E-state index contributed by atoms with van der Waals surface area (Å²) in [7, 11) is 1.55. The monoisotopic (exact) mass is 266 g/mol. The molecule has 1 rings (SSSR count). The minimum atomic E-state index is -0.470. The van der Waals surface area contributed by atoms with Crippen LogP contribution in [0.15, 0.2) is 18.3 Å². The summed E-state index contributed by atoms with van der Waals surface area (Å²) >= 11 is 0. The van der Waals surface area contributed by atoms with Gasteiger partial charge in [0.1, 0.15) is 6.10 Å². The first kappa shape index (κ1) is 15.4. The number of ether oxygens (including phenoxy) is 2. The van der Waals surface area contributed by atoms with Crippen molar-refractivity contribution in [2.75, 3.05) is 12.4 Å². The van der Waals surface area contributed by atoms with Crippen molar-refractivity contribution < 1.29 is 14.3 Å². The van der Waals surface area contributed by atoms with Gasteiger partial charge in [-0.05, 0) is 33.3 Å². The first-order valence-corrected chi connectivity index (χ1v) is 6.34. The number of hydrogen-bond donors (Lipinski definition) is 1. The Morgan fingerprint density at radius 2 is 2.11 bits per heavy atom. The van der Waals surface area contributed by atoms with E-state index in [1.165, 1.54) is 0 Å². The Kier molecular flexibility index (Phi) is 5.30. The van der Waals surface area contributed by atoms with Gasteiger partial charge in [0.2, 0.25) is 5.88 Å². The predicted molar refractivity (Wildman–Crippen MR) is 74.3 cm³/mol. The average molecular weight is 266 g/mol. The predicted octanol–water partition coefficient (Wildman–Crippen LogP) is 2.62. The molecule has 0 aromatic carbocycles. The molecule has 0 aliphatic carbocycles. The zero-order valence-corrected chi connectivity index (χ0v) is 12.2. The van der Waals surface area contributed by atoms with Gasteiger partial charge in [0.15, 0.2) is 0 Å². The molecule has 19 heavy (non-hydrogen) atoms. The summed E-state index contributed by atoms with van der Waals surface area (Å²) in [4.78, 5) is 16.1. The van der Waals surface area contributed by atoms with E-state index in [1.54, 1.807) is 25.4 Å². The third-order valence-corrected chi connectivity index (χ3v) is 2.37. The number of pyridine rings is 1. The molecular weight excluding hydrogens is 244 g/mol. The molecule has 0 aliphatic rings. The van der Waals surface area contributed by atoms with Gasteiger partial charge in [-0.2, -0.15) is 0 Å². The van der Waals surface area contributed by atoms with E-state index in [2.05, 4.69) is 10.3 Å². The van der Waals surface area contributed by atoms with Crippen molar-refractivity contribution in [2.24, 2.45) is 0 Å². The van der Waals surface area contributed by atoms with Crippen molar-refractivity contribution in [1.29, 1.82) is 0 Å². The van der Waals surface area contributed by atoms with E-state index >= 15 is 0 Å². The first-order valence-electron chi connectivity index (χ1n) is 6.34. The second-order valence-corrected chi connectivity index (χ2v) is 5.21. The third kappa shape index (κ3) is 5.26. The summed E-state index contributed by atoms with van der Waals surface area (Å²) in [6, 6.07) is 3.44. The van der Waals surface area contributed by atoms with Gasteiger partial charge in [-0.15, -0.1) is 0 Å². The van der Waals surface area contributed by atoms with Crippen molar-refractivity contribution in [3.8, 4) is 5.88 Å². The van der Waals surface area contributed by atoms with Crippen molar-refractivity contribution in [2.45, 2.75) is 45.8 Å². The number of anilines is 1. The minimum absolute atomic E-state index is 0.163. The smallest absolute Gasteiger partial charge is 0.253 e. The fraction of sp³-hybridized carbons (Fsp3) is 0.571. The second-order valence-electron chi connectivity index (χ2n) is 5.21. The van der Waals surface area contributed by atoms with Gasteiger partial charge in [0.25, 0.3) is 5.91 Å². The van der Waals surface area contributed by atoms with Crippen LogP contribution in [0.25, 0.3) is 0 Å². The number of methoxy groups -OCH3 is 1. The summed E-state index contributed by atoms with van der Waals surface area (Å²) < 4.78 is 10.7. The molecule has 0 saturated carbocycles. The van der Waals surface area contributed by atoms with E-state index in [-0.39, 0.29) is 11.5 Å². The lowest BCUT2D eigenvalue weighted by atomic mass is 10.1. The van der Waals surface area contributed by atoms with Crippen molar-refractivity contribution in [1.82, 2.24) is 4.98 Å². The quantitative estimate of drug-likeness (QED) is 0.890. The average Bonchev–Trinajstić information content (AvgIpc) is 2.35. The lowest BCUT2D eigenvalue weighted by Crippen LogP contribution is -2.36. The highest BCUT2D eigenvalue weighted by Gasteiger charge is 2.23. The SMILES string of the molecule is CCC(OC(C)(C)C)C(=O)Nc1ccc(OC)nc1. The molecule has 0 radical (unpaired) electrons. The summed E-state index contributed by atoms with van der Waals surface area (Å²) in [6.07, 6.45) is 1.70. The molecule has 0 aliphatic heterocycles. The van der Waals surface area contributed by atoms with Crippen LogP contribution >= 0.6 is 0 Å². The van der Waals surface area contributed by atoms with Crippen LogP contribution in [0, 0.1) is 0 Å². The van der Waals surface area contributed by atoms with Crippen LogP contribution < -0.4 is 10.1 Å². The number of hydrogen-bond acceptors (Lipinski definition) is 4. The Morgan fingerprint density at radius 1 is 1.42 bits per heavy atom. The van der Waals surface area contributed by atoms with Gasteiger partial charge in [-0.3, -0.25) is 4.79 Å². The molecule has 0 spiro atoms. The summed E-state index contributed by atoms with van der Waals surface area (Å²) in [5.41, 5.74) is 0.276. The largest absolute Gasteiger partial charge is 0.481 e. The summed E-state index contributed by atoms with van der Waals surface area (Å²) in [5, 5.41) is 2.78. The maximum Gasteiger partial charge on any atom is 0.253 e. The second kappa shape index (κ2) is 6.52. The van der Waals surface area contributed by atoms with E-state index in [4.69, 9.17) is 9.47 Å². The van der Waals surface area contributed by atoms with Crippen molar-refractivity contribution in [3.05, 3.63) is 18.3 Å². The highest BCUT2D eigenvalue weighted by atomic mass is 16.5. The van der Waals surface area contributed by atoms with E-state index in [0.29, 0.717) is 18.0 Å². The number of nitrogens with zero attached hydrogens (tertiary/aromatic N) is 1. The van der Waals surface area contributed by atoms with E-state index < -0.39 is 6.10 Å². The van der Waals surface area contributed by atoms with E-state index in [1.807, 2.05) is 27.7 Å². The highest BCUT2D eigenvalue weighted by molar-refractivity contribution is 5.94. The number of amides is 1. The first-order chi connectivity index (χ1) is 8.85. The van der Waals surface area contributed by atoms with Gasteiger partial charge in [-0.25, -0.2) is 4.98 Å². The van der Waals surface area contributed by atoms with Crippen LogP contribution in [0.3, 0.4) is 0 Å². The summed E-state index contributed by atoms with van der Waals surface area (Å²) in [5.74, 6) is 0.348. The molecule has 0 fully saturated rings. The van der Waals surface area contributed by atoms with Gasteiger partial charge >= 0.3 is 0 Å². The van der Waals surface area contributed by atoms with Crippen LogP contribution in [0.4, 0.5) is 5.69 Å². The van der Waals surface area contributed by atoms with Gasteiger partial charge in [0.05, 0.1) is 24.6 Å². The van der Waals surface area contributed by atoms with Crippen LogP contribution in [-0.4, -0.2) is 29.7 Å². The molecular formula is C14H22N2O3. The zero-order chi connectivity index (χ0) is 14.5. The Morgan fingerprint density at radius 3 is 2.53 bits per heavy atom. The number of carbonyl (C=O) groups excluding carboxylic acids is 1. The Labute approximate surface area is 114 Å². The number of carbonyl (C=O) groups is 1. The van der Waals surface area contributed by atoms with Crippen LogP contribution in [0.2, 0.25) is 0 Å². The molecule has 1 heterocycles. The van der Waals surface area contributed by atoms with Gasteiger partial charge in [-0.1, -0.05) is 6.92 Å². The fourth-order valence-corrected chi connectivity index (χ4v) is 1.55. The Bertz CT molecular complexity index is 410. The molecule has 1 aromatic heterocycles. The molecule has 0 bridgehead atoms. The lowest BCUT2D eigenvalue weighted by Gasteiger charge is -2.26. The number of nitrogens with one attached hydrogen (secondary N) is 1. The molecule has 106 valence electrons. The topological polar surface area (TPSA) is 60.5 Å². The molecule has 1 amide bonds. The third-order valence-electron chi connectivity index (χ3n) is 2.37. The van der Waals surface area contributed by atoms with Crippen LogP contribution in [-0.2, 0) is 9.53 Å². The standard InChI is InChI=1S/C14H22N2O3/c1-6-11(19-14(2,3)4)13(17)16-10-7-8-12(18-5)15-9-10/h7-9,11H,6H2,1-5H3,(H,16,17). The maximum atomic E-state index is 12.1. The molecule has 0 saturated heterocycles. The minimum Gasteiger partial charge on any atom is -0.481 e. The van der Waals surface area contributed by atoms with E-state index in [9.17, 15) is 4.79 Å². The van der Waals surface area contributed by atoms with Crippen molar-refractivity contribution >= 4 is 11.6 Å². The van der Waals surface area contributed by atoms with Gasteiger partial charge in [0, 0.05) is 6.07 Å². The number of aromatic nitrogens is 1. The van der Waals surface area contributed by atoms with Crippen LogP contribution in [0.1, 0.15) is 34.1 Å². The highest BCUT2D eigenvalue weighted by Crippen LogP contribution is 2.16. The zero-order valence-electron chi connectivity index (χ0n) is 12.2. The fourth-order valence-electron chi connectivity index (χ4n) is 1.55. The maximum absolute atomic E-state index is 12.1. The summed E-state index contributed by atoms with van der Waals surface area (Å²) in [6.45, 7) is 7.70. The van der Waals surface area contributed by atoms with Gasteiger partial charge < -0.3 is 14.8 Å². The number of rotatable bonds is 5.